The number of hydrogen-bond acceptors (Lipinski definition) is 5. The summed E-state index contributed by atoms with van der Waals surface area (Å²) in [5, 5.41) is 14.0. The molecule has 0 radical (unpaired) electrons. The van der Waals surface area contributed by atoms with Crippen LogP contribution in [0.2, 0.25) is 5.02 Å². The van der Waals surface area contributed by atoms with Gasteiger partial charge in [0.25, 0.3) is 11.6 Å². The molecule has 28 heavy (non-hydrogen) atoms. The molecule has 3 aromatic rings. The Hall–Kier alpha value is -3.45. The zero-order chi connectivity index (χ0) is 19.9. The molecule has 0 aliphatic rings. The minimum atomic E-state index is -0.630. The standard InChI is InChI=1S/C20H16ClN3O4/c21-16-5-8-18(19(10-16)24(26)27)20(25)23-12-14-3-6-17(7-4-14)28-13-15-2-1-9-22-11-15/h1-11H,12-13H2,(H,23,25). The van der Waals surface area contributed by atoms with Crippen molar-refractivity contribution in [2.24, 2.45) is 0 Å². The lowest BCUT2D eigenvalue weighted by atomic mass is 10.1. The number of aromatic nitrogens is 1. The normalized spacial score (nSPS) is 10.3. The molecule has 1 amide bonds. The smallest absolute Gasteiger partial charge is 0.283 e. The van der Waals surface area contributed by atoms with Crippen LogP contribution in [-0.4, -0.2) is 15.8 Å². The number of amides is 1. The van der Waals surface area contributed by atoms with Crippen LogP contribution in [0.4, 0.5) is 5.69 Å². The number of carbonyl (C=O) groups excluding carboxylic acids is 1. The van der Waals surface area contributed by atoms with Gasteiger partial charge < -0.3 is 10.1 Å². The van der Waals surface area contributed by atoms with Crippen LogP contribution in [0, 0.1) is 10.1 Å². The third kappa shape index (κ3) is 5.05. The van der Waals surface area contributed by atoms with E-state index in [0.717, 1.165) is 17.2 Å². The van der Waals surface area contributed by atoms with Crippen molar-refractivity contribution in [1.82, 2.24) is 10.3 Å². The first-order chi connectivity index (χ1) is 13.5. The van der Waals surface area contributed by atoms with Gasteiger partial charge in [-0.15, -0.1) is 0 Å². The van der Waals surface area contributed by atoms with E-state index in [1.54, 1.807) is 24.5 Å². The highest BCUT2D eigenvalue weighted by molar-refractivity contribution is 6.31. The molecule has 1 heterocycles. The monoisotopic (exact) mass is 397 g/mol. The maximum absolute atomic E-state index is 12.3. The van der Waals surface area contributed by atoms with E-state index >= 15 is 0 Å². The summed E-state index contributed by atoms with van der Waals surface area (Å²) in [7, 11) is 0. The maximum Gasteiger partial charge on any atom is 0.283 e. The molecule has 3 rings (SSSR count). The number of nitro benzene ring substituents is 1. The molecule has 0 fully saturated rings. The molecule has 0 spiro atoms. The molecule has 142 valence electrons. The van der Waals surface area contributed by atoms with Crippen molar-refractivity contribution in [2.45, 2.75) is 13.2 Å². The van der Waals surface area contributed by atoms with Crippen LogP contribution in [0.25, 0.3) is 0 Å². The predicted octanol–water partition coefficient (Wildman–Crippen LogP) is 4.15. The van der Waals surface area contributed by atoms with Crippen LogP contribution in [-0.2, 0) is 13.2 Å². The van der Waals surface area contributed by atoms with Gasteiger partial charge >= 0.3 is 0 Å². The van der Waals surface area contributed by atoms with E-state index in [-0.39, 0.29) is 22.8 Å². The third-order valence-electron chi connectivity index (χ3n) is 3.91. The third-order valence-corrected chi connectivity index (χ3v) is 4.14. The van der Waals surface area contributed by atoms with Gasteiger partial charge in [0.15, 0.2) is 0 Å². The Morgan fingerprint density at radius 3 is 2.61 bits per heavy atom. The van der Waals surface area contributed by atoms with Gasteiger partial charge in [0, 0.05) is 35.6 Å². The van der Waals surface area contributed by atoms with Gasteiger partial charge in [0.2, 0.25) is 0 Å². The highest BCUT2D eigenvalue weighted by Crippen LogP contribution is 2.23. The van der Waals surface area contributed by atoms with Gasteiger partial charge in [0.1, 0.15) is 17.9 Å². The fraction of sp³-hybridized carbons (Fsp3) is 0.100. The maximum atomic E-state index is 12.3. The molecule has 0 atom stereocenters. The zero-order valence-corrected chi connectivity index (χ0v) is 15.4. The van der Waals surface area contributed by atoms with Crippen molar-refractivity contribution < 1.29 is 14.5 Å². The van der Waals surface area contributed by atoms with Gasteiger partial charge in [-0.25, -0.2) is 0 Å². The molecular formula is C20H16ClN3O4. The number of halogens is 1. The topological polar surface area (TPSA) is 94.4 Å². The Balaban J connectivity index is 1.58. The Morgan fingerprint density at radius 2 is 1.93 bits per heavy atom. The zero-order valence-electron chi connectivity index (χ0n) is 14.7. The van der Waals surface area contributed by atoms with E-state index in [4.69, 9.17) is 16.3 Å². The summed E-state index contributed by atoms with van der Waals surface area (Å²) in [5.41, 5.74) is 1.43. The van der Waals surface area contributed by atoms with Crippen molar-refractivity contribution in [1.29, 1.82) is 0 Å². The summed E-state index contributed by atoms with van der Waals surface area (Å²) < 4.78 is 5.68. The van der Waals surface area contributed by atoms with Crippen LogP contribution in [0.3, 0.4) is 0 Å². The second-order valence-electron chi connectivity index (χ2n) is 5.90. The van der Waals surface area contributed by atoms with Gasteiger partial charge in [-0.1, -0.05) is 29.8 Å². The highest BCUT2D eigenvalue weighted by Gasteiger charge is 2.20. The Labute approximate surface area is 166 Å². The van der Waals surface area contributed by atoms with Gasteiger partial charge in [-0.05, 0) is 35.9 Å². The molecule has 8 heteroatoms. The fourth-order valence-corrected chi connectivity index (χ4v) is 2.65. The van der Waals surface area contributed by atoms with Crippen LogP contribution in [0.1, 0.15) is 21.5 Å². The van der Waals surface area contributed by atoms with Crippen LogP contribution in [0.15, 0.2) is 67.0 Å². The van der Waals surface area contributed by atoms with Crippen LogP contribution in [0.5, 0.6) is 5.75 Å². The lowest BCUT2D eigenvalue weighted by Gasteiger charge is -2.09. The van der Waals surface area contributed by atoms with Crippen molar-refractivity contribution in [3.05, 3.63) is 98.8 Å². The average Bonchev–Trinajstić information content (AvgIpc) is 2.72. The number of nitrogens with zero attached hydrogens (tertiary/aromatic N) is 2. The molecule has 1 N–H and O–H groups in total. The van der Waals surface area contributed by atoms with Gasteiger partial charge in [-0.2, -0.15) is 0 Å². The number of nitro groups is 1. The molecule has 2 aromatic carbocycles. The summed E-state index contributed by atoms with van der Waals surface area (Å²) >= 11 is 5.77. The van der Waals surface area contributed by atoms with Crippen molar-refractivity contribution >= 4 is 23.2 Å². The number of rotatable bonds is 7. The Morgan fingerprint density at radius 1 is 1.14 bits per heavy atom. The average molecular weight is 398 g/mol. The summed E-state index contributed by atoms with van der Waals surface area (Å²) in [6, 6.07) is 14.9. The predicted molar refractivity (Wildman–Crippen MR) is 104 cm³/mol. The van der Waals surface area contributed by atoms with E-state index in [1.165, 1.54) is 12.1 Å². The lowest BCUT2D eigenvalue weighted by Crippen LogP contribution is -2.23. The molecule has 0 saturated heterocycles. The first kappa shape index (κ1) is 19.3. The van der Waals surface area contributed by atoms with Crippen molar-refractivity contribution in [3.63, 3.8) is 0 Å². The largest absolute Gasteiger partial charge is 0.489 e. The minimum absolute atomic E-state index is 0.0363. The Kier molecular flexibility index (Phi) is 6.18. The highest BCUT2D eigenvalue weighted by atomic mass is 35.5. The summed E-state index contributed by atoms with van der Waals surface area (Å²) in [5.74, 6) is 0.146. The fourth-order valence-electron chi connectivity index (χ4n) is 2.48. The van der Waals surface area contributed by atoms with Crippen LogP contribution >= 0.6 is 11.6 Å². The van der Waals surface area contributed by atoms with Gasteiger partial charge in [0.05, 0.1) is 4.92 Å². The van der Waals surface area contributed by atoms with Crippen molar-refractivity contribution in [2.75, 3.05) is 0 Å². The number of pyridine rings is 1. The molecule has 7 nitrogen and oxygen atoms in total. The summed E-state index contributed by atoms with van der Waals surface area (Å²) in [4.78, 5) is 26.8. The molecule has 1 aromatic heterocycles. The first-order valence-corrected chi connectivity index (χ1v) is 8.73. The molecule has 0 aliphatic carbocycles. The first-order valence-electron chi connectivity index (χ1n) is 8.36. The van der Waals surface area contributed by atoms with Crippen LogP contribution < -0.4 is 10.1 Å². The van der Waals surface area contributed by atoms with E-state index in [2.05, 4.69) is 10.3 Å². The van der Waals surface area contributed by atoms with E-state index < -0.39 is 10.8 Å². The van der Waals surface area contributed by atoms with Gasteiger partial charge in [-0.3, -0.25) is 19.9 Å². The number of hydrogen-bond donors (Lipinski definition) is 1. The van der Waals surface area contributed by atoms with E-state index in [0.29, 0.717) is 12.4 Å². The second kappa shape index (κ2) is 8.96. The minimum Gasteiger partial charge on any atom is -0.489 e. The molecule has 0 unspecified atom stereocenters. The Bertz CT molecular complexity index is 979. The molecule has 0 aliphatic heterocycles. The molecule has 0 saturated carbocycles. The molecule has 0 bridgehead atoms. The number of nitrogens with one attached hydrogen (secondary N) is 1. The summed E-state index contributed by atoms with van der Waals surface area (Å²) in [6.07, 6.45) is 3.44. The number of carbonyl (C=O) groups is 1. The van der Waals surface area contributed by atoms with E-state index in [9.17, 15) is 14.9 Å². The molecular weight excluding hydrogens is 382 g/mol. The SMILES string of the molecule is O=C(NCc1ccc(OCc2cccnc2)cc1)c1ccc(Cl)cc1[N+](=O)[O-]. The number of ether oxygens (including phenoxy) is 1. The number of benzene rings is 2. The lowest BCUT2D eigenvalue weighted by molar-refractivity contribution is -0.385. The summed E-state index contributed by atoms with van der Waals surface area (Å²) in [6.45, 7) is 0.631. The quantitative estimate of drug-likeness (QED) is 0.477. The van der Waals surface area contributed by atoms with Crippen molar-refractivity contribution in [3.8, 4) is 5.75 Å². The van der Waals surface area contributed by atoms with E-state index in [1.807, 2.05) is 24.3 Å². The second-order valence-corrected chi connectivity index (χ2v) is 6.33.